The standard InChI is InChI=1S/C18H18N3S2/c1-3-20-13-9-5-7-11-15(13)22-17(20)19-18-21(4-2)14-10-6-8-12-16(14)23-18/h5-12H,3-4H2,1-2H3/q+1. The first kappa shape index (κ1) is 14.6. The van der Waals surface area contributed by atoms with Gasteiger partial charge >= 0.3 is 9.93 Å². The molecule has 2 aromatic carbocycles. The Morgan fingerprint density at radius 1 is 0.957 bits per heavy atom. The molecule has 23 heavy (non-hydrogen) atoms. The molecule has 0 amide bonds. The zero-order valence-electron chi connectivity index (χ0n) is 13.2. The quantitative estimate of drug-likeness (QED) is 0.491. The first-order valence-electron chi connectivity index (χ1n) is 7.86. The van der Waals surface area contributed by atoms with Gasteiger partial charge in [0, 0.05) is 11.5 Å². The van der Waals surface area contributed by atoms with E-state index in [1.165, 1.54) is 20.4 Å². The van der Waals surface area contributed by atoms with Crippen molar-refractivity contribution in [3.63, 3.8) is 0 Å². The second-order valence-corrected chi connectivity index (χ2v) is 7.32. The second kappa shape index (κ2) is 5.91. The van der Waals surface area contributed by atoms with Crippen LogP contribution in [0.15, 0.2) is 53.5 Å². The molecule has 2 aromatic heterocycles. The summed E-state index contributed by atoms with van der Waals surface area (Å²) in [5.74, 6) is 0. The Bertz CT molecular complexity index is 1050. The average molecular weight is 340 g/mol. The van der Waals surface area contributed by atoms with Gasteiger partial charge in [-0.15, -0.1) is 0 Å². The maximum Gasteiger partial charge on any atom is 0.386 e. The lowest BCUT2D eigenvalue weighted by Crippen LogP contribution is -2.31. The van der Waals surface area contributed by atoms with Gasteiger partial charge < -0.3 is 0 Å². The van der Waals surface area contributed by atoms with Crippen molar-refractivity contribution < 1.29 is 4.57 Å². The van der Waals surface area contributed by atoms with Crippen LogP contribution in [0, 0.1) is 0 Å². The lowest BCUT2D eigenvalue weighted by Gasteiger charge is -1.96. The lowest BCUT2D eigenvalue weighted by atomic mass is 10.3. The van der Waals surface area contributed by atoms with Gasteiger partial charge in [0.15, 0.2) is 0 Å². The Morgan fingerprint density at radius 3 is 2.48 bits per heavy atom. The molecule has 0 aliphatic heterocycles. The zero-order chi connectivity index (χ0) is 15.8. The summed E-state index contributed by atoms with van der Waals surface area (Å²) in [4.78, 5) is 6.09. The summed E-state index contributed by atoms with van der Waals surface area (Å²) in [6.45, 7) is 6.22. The highest BCUT2D eigenvalue weighted by molar-refractivity contribution is 7.21. The van der Waals surface area contributed by atoms with Gasteiger partial charge in [0.05, 0.1) is 21.5 Å². The predicted octanol–water partition coefficient (Wildman–Crippen LogP) is 4.48. The number of nitrogens with zero attached hydrogens (tertiary/aromatic N) is 3. The van der Waals surface area contributed by atoms with Crippen molar-refractivity contribution in [3.8, 4) is 0 Å². The molecule has 4 rings (SSSR count). The van der Waals surface area contributed by atoms with Crippen LogP contribution in [-0.4, -0.2) is 4.57 Å². The van der Waals surface area contributed by atoms with Gasteiger partial charge in [-0.25, -0.2) is 4.57 Å². The molecular formula is C18H18N3S2+. The molecule has 0 spiro atoms. The first-order chi connectivity index (χ1) is 11.3. The van der Waals surface area contributed by atoms with Crippen molar-refractivity contribution in [3.05, 3.63) is 53.3 Å². The van der Waals surface area contributed by atoms with E-state index < -0.39 is 0 Å². The molecule has 0 saturated heterocycles. The molecule has 0 N–H and O–H groups in total. The van der Waals surface area contributed by atoms with Gasteiger partial charge in [-0.2, -0.15) is 0 Å². The van der Waals surface area contributed by atoms with Gasteiger partial charge in [0.2, 0.25) is 0 Å². The predicted molar refractivity (Wildman–Crippen MR) is 98.4 cm³/mol. The third-order valence-electron chi connectivity index (χ3n) is 4.00. The van der Waals surface area contributed by atoms with E-state index in [0.29, 0.717) is 0 Å². The summed E-state index contributed by atoms with van der Waals surface area (Å²) in [6.07, 6.45) is 0. The van der Waals surface area contributed by atoms with Crippen molar-refractivity contribution in [2.45, 2.75) is 26.9 Å². The molecule has 0 atom stereocenters. The molecule has 0 aliphatic carbocycles. The molecule has 0 saturated carbocycles. The minimum absolute atomic E-state index is 0.930. The summed E-state index contributed by atoms with van der Waals surface area (Å²) in [5, 5.41) is 1.07. The molecule has 3 nitrogen and oxygen atoms in total. The summed E-state index contributed by atoms with van der Waals surface area (Å²) in [7, 11) is 0. The number of para-hydroxylation sites is 2. The minimum atomic E-state index is 0.930. The van der Waals surface area contributed by atoms with Gasteiger partial charge in [-0.1, -0.05) is 35.6 Å². The monoisotopic (exact) mass is 340 g/mol. The maximum atomic E-state index is 5.02. The van der Waals surface area contributed by atoms with E-state index in [-0.39, 0.29) is 0 Å². The number of hydrogen-bond donors (Lipinski definition) is 0. The van der Waals surface area contributed by atoms with E-state index in [4.69, 9.17) is 4.99 Å². The fourth-order valence-electron chi connectivity index (χ4n) is 2.91. The minimum Gasteiger partial charge on any atom is -0.296 e. The highest BCUT2D eigenvalue weighted by Gasteiger charge is 2.18. The van der Waals surface area contributed by atoms with Crippen LogP contribution in [0.2, 0.25) is 0 Å². The van der Waals surface area contributed by atoms with Crippen LogP contribution in [0.1, 0.15) is 13.8 Å². The van der Waals surface area contributed by atoms with Crippen LogP contribution in [-0.2, 0) is 13.1 Å². The molecule has 5 heteroatoms. The normalized spacial score (nSPS) is 12.5. The molecule has 0 bridgehead atoms. The third kappa shape index (κ3) is 2.40. The van der Waals surface area contributed by atoms with E-state index in [9.17, 15) is 0 Å². The van der Waals surface area contributed by atoms with Crippen molar-refractivity contribution in [1.82, 2.24) is 4.57 Å². The maximum absolute atomic E-state index is 5.02. The Hall–Kier alpha value is -1.98. The first-order valence-corrected chi connectivity index (χ1v) is 9.49. The molecule has 0 fully saturated rings. The summed E-state index contributed by atoms with van der Waals surface area (Å²) in [6, 6.07) is 17.1. The summed E-state index contributed by atoms with van der Waals surface area (Å²) >= 11 is 3.52. The topological polar surface area (TPSA) is 21.2 Å². The molecular weight excluding hydrogens is 322 g/mol. The van der Waals surface area contributed by atoms with Crippen molar-refractivity contribution in [2.24, 2.45) is 4.99 Å². The zero-order valence-corrected chi connectivity index (χ0v) is 14.8. The fourth-order valence-corrected chi connectivity index (χ4v) is 5.15. The summed E-state index contributed by atoms with van der Waals surface area (Å²) < 4.78 is 7.17. The van der Waals surface area contributed by atoms with E-state index >= 15 is 0 Å². The number of rotatable bonds is 3. The smallest absolute Gasteiger partial charge is 0.296 e. The number of aromatic nitrogens is 2. The number of benzene rings is 2. The van der Waals surface area contributed by atoms with Crippen LogP contribution < -0.4 is 9.37 Å². The molecule has 0 radical (unpaired) electrons. The third-order valence-corrected chi connectivity index (χ3v) is 6.12. The Labute approximate surface area is 142 Å². The van der Waals surface area contributed by atoms with Crippen LogP contribution in [0.5, 0.6) is 0 Å². The SMILES string of the molecule is CCn1c(=Nc2sc3ccccc3[n+]2CC)sc2ccccc21. The number of fused-ring (bicyclic) bond motifs is 2. The van der Waals surface area contributed by atoms with Crippen molar-refractivity contribution in [2.75, 3.05) is 0 Å². The number of hydrogen-bond acceptors (Lipinski definition) is 3. The van der Waals surface area contributed by atoms with Crippen LogP contribution in [0.4, 0.5) is 5.13 Å². The van der Waals surface area contributed by atoms with Gasteiger partial charge in [-0.3, -0.25) is 4.57 Å². The Morgan fingerprint density at radius 2 is 1.70 bits per heavy atom. The highest BCUT2D eigenvalue weighted by Crippen LogP contribution is 2.26. The van der Waals surface area contributed by atoms with Crippen molar-refractivity contribution >= 4 is 48.2 Å². The fraction of sp³-hybridized carbons (Fsp3) is 0.222. The van der Waals surface area contributed by atoms with Gasteiger partial charge in [0.25, 0.3) is 0 Å². The van der Waals surface area contributed by atoms with Gasteiger partial charge in [0.1, 0.15) is 5.52 Å². The Kier molecular flexibility index (Phi) is 3.75. The Balaban J connectivity index is 2.01. The second-order valence-electron chi connectivity index (χ2n) is 5.31. The highest BCUT2D eigenvalue weighted by atomic mass is 32.1. The molecule has 0 aliphatic rings. The van der Waals surface area contributed by atoms with Crippen LogP contribution in [0.25, 0.3) is 20.4 Å². The number of thiazole rings is 2. The van der Waals surface area contributed by atoms with Crippen LogP contribution in [0.3, 0.4) is 0 Å². The largest absolute Gasteiger partial charge is 0.386 e. The van der Waals surface area contributed by atoms with E-state index in [1.807, 2.05) is 0 Å². The lowest BCUT2D eigenvalue weighted by molar-refractivity contribution is -0.651. The number of aryl methyl sites for hydroxylation is 2. The van der Waals surface area contributed by atoms with Gasteiger partial charge in [-0.05, 0) is 49.4 Å². The van der Waals surface area contributed by atoms with Crippen molar-refractivity contribution in [1.29, 1.82) is 0 Å². The van der Waals surface area contributed by atoms with E-state index in [1.54, 1.807) is 22.7 Å². The van der Waals surface area contributed by atoms with E-state index in [2.05, 4.69) is 71.5 Å². The molecule has 4 aromatic rings. The average Bonchev–Trinajstić information content (AvgIpc) is 3.11. The molecule has 116 valence electrons. The van der Waals surface area contributed by atoms with E-state index in [0.717, 1.165) is 23.0 Å². The summed E-state index contributed by atoms with van der Waals surface area (Å²) in [5.41, 5.74) is 2.53. The molecule has 0 unspecified atom stereocenters. The van der Waals surface area contributed by atoms with Crippen LogP contribution >= 0.6 is 22.7 Å². The molecule has 2 heterocycles.